The van der Waals surface area contributed by atoms with Gasteiger partial charge in [0.25, 0.3) is 0 Å². The molecular formula is C14H28N2. The molecule has 2 heterocycles. The zero-order valence-electron chi connectivity index (χ0n) is 11.3. The van der Waals surface area contributed by atoms with Crippen molar-refractivity contribution in [2.24, 2.45) is 5.41 Å². The summed E-state index contributed by atoms with van der Waals surface area (Å²) in [4.78, 5) is 2.71. The minimum Gasteiger partial charge on any atom is -0.312 e. The van der Waals surface area contributed by atoms with Crippen molar-refractivity contribution in [3.05, 3.63) is 0 Å². The normalized spacial score (nSPS) is 31.7. The van der Waals surface area contributed by atoms with Crippen molar-refractivity contribution in [3.63, 3.8) is 0 Å². The average molecular weight is 224 g/mol. The molecule has 0 amide bonds. The van der Waals surface area contributed by atoms with Gasteiger partial charge in [0.1, 0.15) is 0 Å². The predicted molar refractivity (Wildman–Crippen MR) is 69.7 cm³/mol. The second kappa shape index (κ2) is 5.05. The third-order valence-electron chi connectivity index (χ3n) is 4.66. The monoisotopic (exact) mass is 224 g/mol. The summed E-state index contributed by atoms with van der Waals surface area (Å²) in [6.07, 6.45) is 6.91. The molecule has 0 aliphatic carbocycles. The van der Waals surface area contributed by atoms with Crippen molar-refractivity contribution in [1.82, 2.24) is 10.2 Å². The highest BCUT2D eigenvalue weighted by Crippen LogP contribution is 2.28. The van der Waals surface area contributed by atoms with Gasteiger partial charge in [-0.25, -0.2) is 0 Å². The Hall–Kier alpha value is -0.0800. The van der Waals surface area contributed by atoms with E-state index >= 15 is 0 Å². The molecule has 2 unspecified atom stereocenters. The fraction of sp³-hybridized carbons (Fsp3) is 1.00. The van der Waals surface area contributed by atoms with Gasteiger partial charge >= 0.3 is 0 Å². The minimum atomic E-state index is 0.460. The van der Waals surface area contributed by atoms with E-state index in [2.05, 4.69) is 31.0 Å². The number of hydrogen-bond donors (Lipinski definition) is 1. The van der Waals surface area contributed by atoms with Crippen molar-refractivity contribution in [1.29, 1.82) is 0 Å². The van der Waals surface area contributed by atoms with Crippen molar-refractivity contribution in [3.8, 4) is 0 Å². The van der Waals surface area contributed by atoms with Crippen LogP contribution in [0.15, 0.2) is 0 Å². The Labute approximate surface area is 101 Å². The lowest BCUT2D eigenvalue weighted by Gasteiger charge is -2.34. The van der Waals surface area contributed by atoms with E-state index < -0.39 is 0 Å². The Morgan fingerprint density at radius 1 is 1.19 bits per heavy atom. The summed E-state index contributed by atoms with van der Waals surface area (Å²) < 4.78 is 0. The van der Waals surface area contributed by atoms with Crippen LogP contribution in [0.5, 0.6) is 0 Å². The molecule has 2 atom stereocenters. The quantitative estimate of drug-likeness (QED) is 0.790. The number of fused-ring (bicyclic) bond motifs is 1. The zero-order chi connectivity index (χ0) is 11.6. The lowest BCUT2D eigenvalue weighted by molar-refractivity contribution is 0.174. The van der Waals surface area contributed by atoms with E-state index in [1.165, 1.54) is 51.7 Å². The molecule has 2 rings (SSSR count). The van der Waals surface area contributed by atoms with Crippen molar-refractivity contribution in [2.75, 3.05) is 19.6 Å². The third kappa shape index (κ3) is 2.78. The van der Waals surface area contributed by atoms with Gasteiger partial charge in [-0.3, -0.25) is 4.90 Å². The number of nitrogens with zero attached hydrogens (tertiary/aromatic N) is 1. The maximum absolute atomic E-state index is 3.83. The van der Waals surface area contributed by atoms with Crippen LogP contribution in [0.3, 0.4) is 0 Å². The number of rotatable bonds is 4. The van der Waals surface area contributed by atoms with Crippen LogP contribution in [0.2, 0.25) is 0 Å². The summed E-state index contributed by atoms with van der Waals surface area (Å²) in [5, 5.41) is 3.83. The molecule has 1 N–H and O–H groups in total. The second-order valence-corrected chi connectivity index (χ2v) is 6.39. The Morgan fingerprint density at radius 3 is 2.75 bits per heavy atom. The fourth-order valence-electron chi connectivity index (χ4n) is 3.02. The Kier molecular flexibility index (Phi) is 3.91. The van der Waals surface area contributed by atoms with Gasteiger partial charge in [0.2, 0.25) is 0 Å². The molecule has 0 saturated carbocycles. The van der Waals surface area contributed by atoms with E-state index in [9.17, 15) is 0 Å². The molecular weight excluding hydrogens is 196 g/mol. The van der Waals surface area contributed by atoms with E-state index in [0.29, 0.717) is 5.41 Å². The largest absolute Gasteiger partial charge is 0.312 e. The average Bonchev–Trinajstić information content (AvgIpc) is 2.70. The van der Waals surface area contributed by atoms with Crippen LogP contribution >= 0.6 is 0 Å². The van der Waals surface area contributed by atoms with Crippen LogP contribution < -0.4 is 5.32 Å². The standard InChI is InChI=1S/C14H28N2/c1-4-14(2,3)11-15-12-8-10-16-9-6-5-7-13(12)16/h12-13,15H,4-11H2,1-3H3. The maximum Gasteiger partial charge on any atom is 0.0249 e. The summed E-state index contributed by atoms with van der Waals surface area (Å²) in [5.41, 5.74) is 0.460. The molecule has 16 heavy (non-hydrogen) atoms. The highest BCUT2D eigenvalue weighted by molar-refractivity contribution is 4.94. The van der Waals surface area contributed by atoms with Gasteiger partial charge in [-0.2, -0.15) is 0 Å². The van der Waals surface area contributed by atoms with Crippen molar-refractivity contribution >= 4 is 0 Å². The highest BCUT2D eigenvalue weighted by Gasteiger charge is 2.35. The van der Waals surface area contributed by atoms with Gasteiger partial charge in [-0.05, 0) is 37.6 Å². The Bertz CT molecular complexity index is 225. The van der Waals surface area contributed by atoms with Crippen LogP contribution in [0.4, 0.5) is 0 Å². The molecule has 2 saturated heterocycles. The molecule has 2 aliphatic rings. The topological polar surface area (TPSA) is 15.3 Å². The first-order valence-electron chi connectivity index (χ1n) is 7.10. The molecule has 2 nitrogen and oxygen atoms in total. The lowest BCUT2D eigenvalue weighted by Crippen LogP contribution is -2.47. The molecule has 0 radical (unpaired) electrons. The Morgan fingerprint density at radius 2 is 2.00 bits per heavy atom. The van der Waals surface area contributed by atoms with Gasteiger partial charge in [-0.15, -0.1) is 0 Å². The second-order valence-electron chi connectivity index (χ2n) is 6.39. The van der Waals surface area contributed by atoms with Gasteiger partial charge < -0.3 is 5.32 Å². The van der Waals surface area contributed by atoms with Gasteiger partial charge in [-0.1, -0.05) is 27.2 Å². The first-order valence-corrected chi connectivity index (χ1v) is 7.10. The summed E-state index contributed by atoms with van der Waals surface area (Å²) >= 11 is 0. The Balaban J connectivity index is 1.82. The van der Waals surface area contributed by atoms with Gasteiger partial charge in [0.15, 0.2) is 0 Å². The lowest BCUT2D eigenvalue weighted by atomic mass is 9.89. The van der Waals surface area contributed by atoms with Crippen LogP contribution in [-0.2, 0) is 0 Å². The minimum absolute atomic E-state index is 0.460. The molecule has 94 valence electrons. The van der Waals surface area contributed by atoms with E-state index in [0.717, 1.165) is 12.1 Å². The maximum atomic E-state index is 3.83. The van der Waals surface area contributed by atoms with Gasteiger partial charge in [0, 0.05) is 25.2 Å². The summed E-state index contributed by atoms with van der Waals surface area (Å²) in [6.45, 7) is 10.9. The third-order valence-corrected chi connectivity index (χ3v) is 4.66. The van der Waals surface area contributed by atoms with Crippen LogP contribution in [0, 0.1) is 5.41 Å². The summed E-state index contributed by atoms with van der Waals surface area (Å²) in [5.74, 6) is 0. The SMILES string of the molecule is CCC(C)(C)CNC1CCN2CCCCC12. The molecule has 2 aliphatic heterocycles. The van der Waals surface area contributed by atoms with E-state index in [4.69, 9.17) is 0 Å². The predicted octanol–water partition coefficient (Wildman–Crippen LogP) is 2.64. The molecule has 2 fully saturated rings. The van der Waals surface area contributed by atoms with Crippen LogP contribution in [0.25, 0.3) is 0 Å². The summed E-state index contributed by atoms with van der Waals surface area (Å²) in [7, 11) is 0. The smallest absolute Gasteiger partial charge is 0.0249 e. The van der Waals surface area contributed by atoms with Gasteiger partial charge in [0.05, 0.1) is 0 Å². The fourth-order valence-corrected chi connectivity index (χ4v) is 3.02. The molecule has 2 heteroatoms. The molecule has 0 bridgehead atoms. The first kappa shape index (κ1) is 12.4. The van der Waals surface area contributed by atoms with Crippen LogP contribution in [-0.4, -0.2) is 36.6 Å². The number of piperidine rings is 1. The van der Waals surface area contributed by atoms with Crippen LogP contribution in [0.1, 0.15) is 52.9 Å². The van der Waals surface area contributed by atoms with E-state index in [1.807, 2.05) is 0 Å². The number of nitrogens with one attached hydrogen (secondary N) is 1. The highest BCUT2D eigenvalue weighted by atomic mass is 15.2. The van der Waals surface area contributed by atoms with E-state index in [-0.39, 0.29) is 0 Å². The van der Waals surface area contributed by atoms with E-state index in [1.54, 1.807) is 0 Å². The molecule has 0 aromatic carbocycles. The molecule has 0 aromatic rings. The molecule has 0 aromatic heterocycles. The first-order chi connectivity index (χ1) is 7.62. The van der Waals surface area contributed by atoms with Crippen molar-refractivity contribution < 1.29 is 0 Å². The number of hydrogen-bond acceptors (Lipinski definition) is 2. The summed E-state index contributed by atoms with van der Waals surface area (Å²) in [6, 6.07) is 1.62. The zero-order valence-corrected chi connectivity index (χ0v) is 11.3. The molecule has 0 spiro atoms. The van der Waals surface area contributed by atoms with Crippen molar-refractivity contribution in [2.45, 2.75) is 65.0 Å².